The average molecular weight is 338 g/mol. The Balaban J connectivity index is 2.49. The second-order valence-corrected chi connectivity index (χ2v) is 7.83. The molecular formula is C20H22F4. The van der Waals surface area contributed by atoms with Gasteiger partial charge in [-0.1, -0.05) is 40.7 Å². The van der Waals surface area contributed by atoms with E-state index in [1.165, 1.54) is 12.1 Å². The monoisotopic (exact) mass is 338 g/mol. The lowest BCUT2D eigenvalue weighted by Gasteiger charge is -2.28. The maximum absolute atomic E-state index is 14.8. The van der Waals surface area contributed by atoms with Crippen LogP contribution in [0.3, 0.4) is 0 Å². The van der Waals surface area contributed by atoms with E-state index in [1.807, 2.05) is 0 Å². The SMILES string of the molecule is CC(C)(C)c1c(F)ccc(CC(C)(C)c2cc(F)ccc2F)c1F. The van der Waals surface area contributed by atoms with Crippen molar-refractivity contribution in [3.8, 4) is 0 Å². The summed E-state index contributed by atoms with van der Waals surface area (Å²) in [6.07, 6.45) is 0.128. The lowest BCUT2D eigenvalue weighted by atomic mass is 9.77. The van der Waals surface area contributed by atoms with Crippen LogP contribution >= 0.6 is 0 Å². The third kappa shape index (κ3) is 3.63. The lowest BCUT2D eigenvalue weighted by Crippen LogP contribution is -2.25. The molecule has 0 bridgehead atoms. The number of halogens is 4. The van der Waals surface area contributed by atoms with Gasteiger partial charge < -0.3 is 0 Å². The highest BCUT2D eigenvalue weighted by Gasteiger charge is 2.30. The summed E-state index contributed by atoms with van der Waals surface area (Å²) in [4.78, 5) is 0. The minimum absolute atomic E-state index is 0.00974. The first kappa shape index (κ1) is 18.5. The van der Waals surface area contributed by atoms with E-state index in [2.05, 4.69) is 0 Å². The quantitative estimate of drug-likeness (QED) is 0.597. The topological polar surface area (TPSA) is 0 Å². The van der Waals surface area contributed by atoms with E-state index in [0.29, 0.717) is 0 Å². The van der Waals surface area contributed by atoms with E-state index in [-0.39, 0.29) is 23.1 Å². The predicted octanol–water partition coefficient (Wildman–Crippen LogP) is 6.06. The van der Waals surface area contributed by atoms with Crippen molar-refractivity contribution in [3.05, 3.63) is 70.3 Å². The summed E-state index contributed by atoms with van der Waals surface area (Å²) in [7, 11) is 0. The molecule has 0 saturated heterocycles. The van der Waals surface area contributed by atoms with Crippen molar-refractivity contribution in [2.24, 2.45) is 0 Å². The number of hydrogen-bond donors (Lipinski definition) is 0. The summed E-state index contributed by atoms with van der Waals surface area (Å²) in [5.41, 5.74) is -1.08. The summed E-state index contributed by atoms with van der Waals surface area (Å²) in [6.45, 7) is 8.62. The minimum atomic E-state index is -0.847. The van der Waals surface area contributed by atoms with Crippen LogP contribution in [0.2, 0.25) is 0 Å². The minimum Gasteiger partial charge on any atom is -0.207 e. The Morgan fingerprint density at radius 1 is 0.792 bits per heavy atom. The molecule has 2 aromatic carbocycles. The van der Waals surface area contributed by atoms with Gasteiger partial charge in [0.15, 0.2) is 0 Å². The summed E-state index contributed by atoms with van der Waals surface area (Å²) >= 11 is 0. The highest BCUT2D eigenvalue weighted by Crippen LogP contribution is 2.35. The molecule has 0 saturated carbocycles. The van der Waals surface area contributed by atoms with Gasteiger partial charge in [-0.25, -0.2) is 17.6 Å². The molecule has 0 unspecified atom stereocenters. The standard InChI is InChI=1S/C20H22F4/c1-19(2,3)17-16(23)8-6-12(18(17)24)11-20(4,5)14-10-13(21)7-9-15(14)22/h6-10H,11H2,1-5H3. The molecule has 0 radical (unpaired) electrons. The molecule has 0 atom stereocenters. The maximum Gasteiger partial charge on any atom is 0.133 e. The van der Waals surface area contributed by atoms with Gasteiger partial charge in [0.1, 0.15) is 23.3 Å². The summed E-state index contributed by atoms with van der Waals surface area (Å²) in [5, 5.41) is 0. The highest BCUT2D eigenvalue weighted by molar-refractivity contribution is 5.36. The fraction of sp³-hybridized carbons (Fsp3) is 0.400. The van der Waals surface area contributed by atoms with E-state index in [4.69, 9.17) is 0 Å². The van der Waals surface area contributed by atoms with E-state index in [9.17, 15) is 17.6 Å². The molecule has 0 amide bonds. The van der Waals surface area contributed by atoms with Crippen molar-refractivity contribution in [1.29, 1.82) is 0 Å². The Kier molecular flexibility index (Phi) is 4.80. The van der Waals surface area contributed by atoms with E-state index >= 15 is 0 Å². The first-order valence-electron chi connectivity index (χ1n) is 7.86. The largest absolute Gasteiger partial charge is 0.207 e. The molecule has 0 N–H and O–H groups in total. The van der Waals surface area contributed by atoms with Crippen molar-refractivity contribution >= 4 is 0 Å². The Hall–Kier alpha value is -1.84. The molecule has 0 spiro atoms. The Labute approximate surface area is 140 Å². The van der Waals surface area contributed by atoms with Crippen LogP contribution in [0.25, 0.3) is 0 Å². The smallest absolute Gasteiger partial charge is 0.133 e. The van der Waals surface area contributed by atoms with Gasteiger partial charge in [0, 0.05) is 5.56 Å². The van der Waals surface area contributed by atoms with Crippen LogP contribution in [0.1, 0.15) is 51.3 Å². The van der Waals surface area contributed by atoms with Crippen LogP contribution in [0.4, 0.5) is 17.6 Å². The van der Waals surface area contributed by atoms with Crippen LogP contribution < -0.4 is 0 Å². The Morgan fingerprint density at radius 2 is 1.38 bits per heavy atom. The summed E-state index contributed by atoms with van der Waals surface area (Å²) < 4.78 is 56.5. The third-order valence-electron chi connectivity index (χ3n) is 4.21. The van der Waals surface area contributed by atoms with E-state index in [1.54, 1.807) is 34.6 Å². The maximum atomic E-state index is 14.8. The zero-order chi connectivity index (χ0) is 18.3. The van der Waals surface area contributed by atoms with Crippen LogP contribution in [-0.2, 0) is 17.3 Å². The molecule has 0 heterocycles. The zero-order valence-electron chi connectivity index (χ0n) is 14.6. The number of benzene rings is 2. The van der Waals surface area contributed by atoms with Gasteiger partial charge in [0.25, 0.3) is 0 Å². The van der Waals surface area contributed by atoms with Crippen molar-refractivity contribution in [1.82, 2.24) is 0 Å². The number of hydrogen-bond acceptors (Lipinski definition) is 0. The highest BCUT2D eigenvalue weighted by atomic mass is 19.1. The van der Waals surface area contributed by atoms with Gasteiger partial charge in [-0.15, -0.1) is 0 Å². The molecule has 130 valence electrons. The van der Waals surface area contributed by atoms with Crippen LogP contribution in [0.15, 0.2) is 30.3 Å². The van der Waals surface area contributed by atoms with Gasteiger partial charge in [-0.2, -0.15) is 0 Å². The average Bonchev–Trinajstić information content (AvgIpc) is 2.43. The van der Waals surface area contributed by atoms with Crippen molar-refractivity contribution in [3.63, 3.8) is 0 Å². The molecule has 0 aliphatic carbocycles. The summed E-state index contributed by atoms with van der Waals surface area (Å²) in [5.74, 6) is -2.31. The molecule has 0 nitrogen and oxygen atoms in total. The zero-order valence-corrected chi connectivity index (χ0v) is 14.6. The molecule has 0 aliphatic rings. The van der Waals surface area contributed by atoms with E-state index in [0.717, 1.165) is 18.2 Å². The molecular weight excluding hydrogens is 316 g/mol. The van der Waals surface area contributed by atoms with Crippen LogP contribution in [0.5, 0.6) is 0 Å². The van der Waals surface area contributed by atoms with Crippen molar-refractivity contribution in [2.75, 3.05) is 0 Å². The van der Waals surface area contributed by atoms with Crippen LogP contribution in [0, 0.1) is 23.3 Å². The normalized spacial score (nSPS) is 12.5. The Bertz CT molecular complexity index is 755. The predicted molar refractivity (Wildman–Crippen MR) is 88.1 cm³/mol. The van der Waals surface area contributed by atoms with Gasteiger partial charge in [-0.3, -0.25) is 0 Å². The third-order valence-corrected chi connectivity index (χ3v) is 4.21. The van der Waals surface area contributed by atoms with Crippen LogP contribution in [-0.4, -0.2) is 0 Å². The molecule has 0 fully saturated rings. The fourth-order valence-corrected chi connectivity index (χ4v) is 3.01. The first-order chi connectivity index (χ1) is 10.9. The molecule has 4 heteroatoms. The Morgan fingerprint density at radius 3 is 1.96 bits per heavy atom. The fourth-order valence-electron chi connectivity index (χ4n) is 3.01. The van der Waals surface area contributed by atoms with Gasteiger partial charge in [0.2, 0.25) is 0 Å². The second kappa shape index (κ2) is 6.23. The molecule has 2 rings (SSSR count). The lowest BCUT2D eigenvalue weighted by molar-refractivity contribution is 0.442. The molecule has 0 aromatic heterocycles. The second-order valence-electron chi connectivity index (χ2n) is 7.83. The van der Waals surface area contributed by atoms with Gasteiger partial charge in [-0.05, 0) is 52.6 Å². The van der Waals surface area contributed by atoms with E-state index < -0.39 is 34.1 Å². The van der Waals surface area contributed by atoms with Gasteiger partial charge in [0.05, 0.1) is 0 Å². The molecule has 0 aliphatic heterocycles. The molecule has 2 aromatic rings. The summed E-state index contributed by atoms with van der Waals surface area (Å²) in [6, 6.07) is 5.84. The van der Waals surface area contributed by atoms with Crippen molar-refractivity contribution in [2.45, 2.75) is 51.9 Å². The molecule has 24 heavy (non-hydrogen) atoms. The first-order valence-corrected chi connectivity index (χ1v) is 7.86. The van der Waals surface area contributed by atoms with Crippen molar-refractivity contribution < 1.29 is 17.6 Å². The number of rotatable bonds is 3. The van der Waals surface area contributed by atoms with Gasteiger partial charge >= 0.3 is 0 Å².